The molecule has 1 amide bonds. The predicted molar refractivity (Wildman–Crippen MR) is 87.8 cm³/mol. The van der Waals surface area contributed by atoms with Crippen molar-refractivity contribution in [2.45, 2.75) is 16.5 Å². The first-order valence-electron chi connectivity index (χ1n) is 6.32. The van der Waals surface area contributed by atoms with Crippen molar-refractivity contribution in [3.63, 3.8) is 0 Å². The van der Waals surface area contributed by atoms with Gasteiger partial charge in [-0.1, -0.05) is 23.1 Å². The minimum atomic E-state index is -0.358. The number of nitrogens with zero attached hydrogens (tertiary/aromatic N) is 2. The molecule has 3 N–H and O–H groups in total. The number of nitrogens with two attached hydrogens (primary N) is 1. The number of hydrogen-bond acceptors (Lipinski definition) is 8. The Bertz CT molecular complexity index is 662. The van der Waals surface area contributed by atoms with Crippen molar-refractivity contribution in [2.75, 3.05) is 25.3 Å². The van der Waals surface area contributed by atoms with Crippen LogP contribution in [0.5, 0.6) is 11.5 Å². The molecule has 1 aromatic carbocycles. The summed E-state index contributed by atoms with van der Waals surface area (Å²) in [4.78, 5) is 12.3. The fourth-order valence-electron chi connectivity index (χ4n) is 1.62. The highest BCUT2D eigenvalue weighted by Crippen LogP contribution is 2.31. The average molecular weight is 340 g/mol. The molecule has 118 valence electrons. The van der Waals surface area contributed by atoms with E-state index in [-0.39, 0.29) is 11.2 Å². The van der Waals surface area contributed by atoms with Crippen molar-refractivity contribution in [3.8, 4) is 11.5 Å². The SMILES string of the molecule is COc1ccc(OC)c(NC(=O)[C@@H](C)Sc2nnc(N)s2)c1. The van der Waals surface area contributed by atoms with Crippen molar-refractivity contribution in [1.82, 2.24) is 10.2 Å². The number of ether oxygens (including phenoxy) is 2. The second kappa shape index (κ2) is 7.32. The largest absolute Gasteiger partial charge is 0.497 e. The van der Waals surface area contributed by atoms with E-state index in [1.807, 2.05) is 0 Å². The maximum atomic E-state index is 12.3. The number of nitrogen functional groups attached to an aromatic ring is 1. The minimum Gasteiger partial charge on any atom is -0.497 e. The number of benzene rings is 1. The zero-order valence-electron chi connectivity index (χ0n) is 12.3. The van der Waals surface area contributed by atoms with E-state index in [1.165, 1.54) is 23.1 Å². The first-order chi connectivity index (χ1) is 10.5. The Hall–Kier alpha value is -2.00. The van der Waals surface area contributed by atoms with Crippen LogP contribution in [0.15, 0.2) is 22.5 Å². The molecular formula is C13H16N4O3S2. The number of amides is 1. The standard InChI is InChI=1S/C13H16N4O3S2/c1-7(21-13-17-16-12(14)22-13)11(18)15-9-6-8(19-2)4-5-10(9)20-3/h4-7H,1-3H3,(H2,14,16)(H,15,18)/t7-/m1/s1. The summed E-state index contributed by atoms with van der Waals surface area (Å²) in [5.74, 6) is 1.02. The fourth-order valence-corrected chi connectivity index (χ4v) is 3.40. The molecule has 1 aromatic heterocycles. The van der Waals surface area contributed by atoms with Gasteiger partial charge in [0.25, 0.3) is 0 Å². The molecule has 9 heteroatoms. The Labute approximate surface area is 136 Å². The van der Waals surface area contributed by atoms with E-state index in [1.54, 1.807) is 39.3 Å². The van der Waals surface area contributed by atoms with Crippen molar-refractivity contribution in [2.24, 2.45) is 0 Å². The molecule has 0 spiro atoms. The molecule has 1 atom stereocenters. The summed E-state index contributed by atoms with van der Waals surface area (Å²) in [5.41, 5.74) is 6.08. The number of methoxy groups -OCH3 is 2. The lowest BCUT2D eigenvalue weighted by Gasteiger charge is -2.14. The predicted octanol–water partition coefficient (Wildman–Crippen LogP) is 2.26. The first-order valence-corrected chi connectivity index (χ1v) is 8.01. The van der Waals surface area contributed by atoms with Crippen LogP contribution >= 0.6 is 23.1 Å². The molecule has 0 saturated carbocycles. The lowest BCUT2D eigenvalue weighted by Crippen LogP contribution is -2.22. The van der Waals surface area contributed by atoms with E-state index >= 15 is 0 Å². The van der Waals surface area contributed by atoms with E-state index in [2.05, 4.69) is 15.5 Å². The summed E-state index contributed by atoms with van der Waals surface area (Å²) < 4.78 is 11.0. The topological polar surface area (TPSA) is 99.4 Å². The number of nitrogens with one attached hydrogen (secondary N) is 1. The molecule has 0 aliphatic heterocycles. The van der Waals surface area contributed by atoms with Gasteiger partial charge in [-0.3, -0.25) is 4.79 Å². The van der Waals surface area contributed by atoms with Crippen LogP contribution in [0.25, 0.3) is 0 Å². The molecule has 0 unspecified atom stereocenters. The summed E-state index contributed by atoms with van der Waals surface area (Å²) >= 11 is 2.54. The monoisotopic (exact) mass is 340 g/mol. The molecule has 7 nitrogen and oxygen atoms in total. The molecule has 2 rings (SSSR count). The van der Waals surface area contributed by atoms with Gasteiger partial charge >= 0.3 is 0 Å². The van der Waals surface area contributed by atoms with Gasteiger partial charge in [0, 0.05) is 6.07 Å². The lowest BCUT2D eigenvalue weighted by atomic mass is 10.2. The van der Waals surface area contributed by atoms with Gasteiger partial charge in [-0.2, -0.15) is 0 Å². The van der Waals surface area contributed by atoms with E-state index in [4.69, 9.17) is 15.2 Å². The third-order valence-corrected chi connectivity index (χ3v) is 4.67. The van der Waals surface area contributed by atoms with Crippen molar-refractivity contribution < 1.29 is 14.3 Å². The third-order valence-electron chi connectivity index (χ3n) is 2.73. The molecular weight excluding hydrogens is 324 g/mol. The Kier molecular flexibility index (Phi) is 5.45. The first kappa shape index (κ1) is 16.4. The molecule has 0 fully saturated rings. The van der Waals surface area contributed by atoms with Crippen LogP contribution in [0.3, 0.4) is 0 Å². The highest BCUT2D eigenvalue weighted by molar-refractivity contribution is 8.02. The number of carbonyl (C=O) groups is 1. The van der Waals surface area contributed by atoms with Crippen LogP contribution < -0.4 is 20.5 Å². The Balaban J connectivity index is 2.07. The Morgan fingerprint density at radius 2 is 2.14 bits per heavy atom. The van der Waals surface area contributed by atoms with Crippen LogP contribution in [0.4, 0.5) is 10.8 Å². The zero-order valence-corrected chi connectivity index (χ0v) is 14.0. The summed E-state index contributed by atoms with van der Waals surface area (Å²) in [5, 5.41) is 10.5. The molecule has 1 heterocycles. The zero-order chi connectivity index (χ0) is 16.1. The van der Waals surface area contributed by atoms with Gasteiger partial charge in [0.05, 0.1) is 25.2 Å². The highest BCUT2D eigenvalue weighted by atomic mass is 32.2. The molecule has 0 aliphatic rings. The molecule has 0 radical (unpaired) electrons. The van der Waals surface area contributed by atoms with Gasteiger partial charge < -0.3 is 20.5 Å². The second-order valence-electron chi connectivity index (χ2n) is 4.22. The highest BCUT2D eigenvalue weighted by Gasteiger charge is 2.18. The van der Waals surface area contributed by atoms with Gasteiger partial charge in [0.15, 0.2) is 4.34 Å². The van der Waals surface area contributed by atoms with Crippen molar-refractivity contribution in [1.29, 1.82) is 0 Å². The quantitative estimate of drug-likeness (QED) is 0.778. The van der Waals surface area contributed by atoms with Gasteiger partial charge in [0.2, 0.25) is 11.0 Å². The summed E-state index contributed by atoms with van der Waals surface area (Å²) in [7, 11) is 3.10. The van der Waals surface area contributed by atoms with E-state index in [9.17, 15) is 4.79 Å². The fraction of sp³-hybridized carbons (Fsp3) is 0.308. The van der Waals surface area contributed by atoms with Crippen LogP contribution in [0.2, 0.25) is 0 Å². The van der Waals surface area contributed by atoms with Crippen LogP contribution in [0.1, 0.15) is 6.92 Å². The van der Waals surface area contributed by atoms with Crippen molar-refractivity contribution in [3.05, 3.63) is 18.2 Å². The van der Waals surface area contributed by atoms with Crippen LogP contribution in [-0.4, -0.2) is 35.6 Å². The average Bonchev–Trinajstić information content (AvgIpc) is 2.92. The Morgan fingerprint density at radius 1 is 1.36 bits per heavy atom. The number of anilines is 2. The second-order valence-corrected chi connectivity index (χ2v) is 6.82. The maximum Gasteiger partial charge on any atom is 0.237 e. The number of hydrogen-bond donors (Lipinski definition) is 2. The van der Waals surface area contributed by atoms with Gasteiger partial charge in [-0.05, 0) is 19.1 Å². The van der Waals surface area contributed by atoms with E-state index < -0.39 is 0 Å². The Morgan fingerprint density at radius 3 is 2.73 bits per heavy atom. The molecule has 0 aliphatic carbocycles. The summed E-state index contributed by atoms with van der Waals surface area (Å²) in [6.45, 7) is 1.78. The van der Waals surface area contributed by atoms with Crippen molar-refractivity contribution >= 4 is 39.8 Å². The number of aromatic nitrogens is 2. The normalized spacial score (nSPS) is 11.8. The molecule has 0 saturated heterocycles. The van der Waals surface area contributed by atoms with E-state index in [0.717, 1.165) is 0 Å². The smallest absolute Gasteiger partial charge is 0.237 e. The number of thioether (sulfide) groups is 1. The van der Waals surface area contributed by atoms with Gasteiger partial charge in [-0.15, -0.1) is 10.2 Å². The molecule has 0 bridgehead atoms. The van der Waals surface area contributed by atoms with E-state index in [0.29, 0.717) is 26.7 Å². The molecule has 2 aromatic rings. The van der Waals surface area contributed by atoms with Gasteiger partial charge in [0.1, 0.15) is 11.5 Å². The summed E-state index contributed by atoms with van der Waals surface area (Å²) in [6.07, 6.45) is 0. The third kappa shape index (κ3) is 4.01. The summed E-state index contributed by atoms with van der Waals surface area (Å²) in [6, 6.07) is 5.20. The van der Waals surface area contributed by atoms with Crippen LogP contribution in [0, 0.1) is 0 Å². The maximum absolute atomic E-state index is 12.3. The van der Waals surface area contributed by atoms with Crippen LogP contribution in [-0.2, 0) is 4.79 Å². The lowest BCUT2D eigenvalue weighted by molar-refractivity contribution is -0.115. The number of rotatable bonds is 6. The number of carbonyl (C=O) groups excluding carboxylic acids is 1. The molecule has 22 heavy (non-hydrogen) atoms. The van der Waals surface area contributed by atoms with Gasteiger partial charge in [-0.25, -0.2) is 0 Å². The minimum absolute atomic E-state index is 0.176.